The van der Waals surface area contributed by atoms with Crippen molar-refractivity contribution in [3.8, 4) is 0 Å². The van der Waals surface area contributed by atoms with E-state index in [4.69, 9.17) is 0 Å². The topological polar surface area (TPSA) is 32.3 Å². The molecule has 0 bridgehead atoms. The van der Waals surface area contributed by atoms with Crippen molar-refractivity contribution in [3.05, 3.63) is 35.1 Å². The van der Waals surface area contributed by atoms with Crippen LogP contribution in [0.2, 0.25) is 0 Å². The van der Waals surface area contributed by atoms with Crippen LogP contribution in [0.25, 0.3) is 0 Å². The van der Waals surface area contributed by atoms with Gasteiger partial charge in [0, 0.05) is 6.54 Å². The molecule has 0 radical (unpaired) electrons. The zero-order valence-electron chi connectivity index (χ0n) is 9.26. The second-order valence-electron chi connectivity index (χ2n) is 3.73. The molecular formula is C12H18FNO. The predicted octanol–water partition coefficient (Wildman–Crippen LogP) is 2.17. The van der Waals surface area contributed by atoms with Crippen LogP contribution in [0.3, 0.4) is 0 Å². The Morgan fingerprint density at radius 2 is 2.20 bits per heavy atom. The van der Waals surface area contributed by atoms with E-state index < -0.39 is 6.10 Å². The van der Waals surface area contributed by atoms with Crippen LogP contribution >= 0.6 is 0 Å². The fraction of sp³-hybridized carbons (Fsp3) is 0.500. The highest BCUT2D eigenvalue weighted by Gasteiger charge is 2.08. The molecular weight excluding hydrogens is 193 g/mol. The Labute approximate surface area is 90.1 Å². The number of halogens is 1. The van der Waals surface area contributed by atoms with Gasteiger partial charge >= 0.3 is 0 Å². The number of nitrogens with one attached hydrogen (secondary N) is 1. The minimum atomic E-state index is -0.559. The van der Waals surface area contributed by atoms with E-state index in [1.165, 1.54) is 6.07 Å². The molecule has 3 heteroatoms. The van der Waals surface area contributed by atoms with Crippen molar-refractivity contribution in [1.82, 2.24) is 5.32 Å². The van der Waals surface area contributed by atoms with Gasteiger partial charge in [-0.15, -0.1) is 0 Å². The number of rotatable bonds is 5. The number of hydrogen-bond acceptors (Lipinski definition) is 2. The molecule has 1 aromatic rings. The van der Waals surface area contributed by atoms with Crippen LogP contribution < -0.4 is 5.32 Å². The smallest absolute Gasteiger partial charge is 0.126 e. The minimum Gasteiger partial charge on any atom is -0.387 e. The van der Waals surface area contributed by atoms with Gasteiger partial charge in [0.15, 0.2) is 0 Å². The van der Waals surface area contributed by atoms with Crippen molar-refractivity contribution >= 4 is 0 Å². The maximum absolute atomic E-state index is 13.0. The van der Waals surface area contributed by atoms with Gasteiger partial charge in [-0.3, -0.25) is 0 Å². The molecule has 0 saturated carbocycles. The highest BCUT2D eigenvalue weighted by Crippen LogP contribution is 2.15. The summed E-state index contributed by atoms with van der Waals surface area (Å²) in [5.74, 6) is -0.229. The third kappa shape index (κ3) is 3.61. The molecule has 2 N–H and O–H groups in total. The zero-order valence-corrected chi connectivity index (χ0v) is 9.26. The van der Waals surface area contributed by atoms with Gasteiger partial charge in [0.2, 0.25) is 0 Å². The maximum atomic E-state index is 13.0. The van der Waals surface area contributed by atoms with E-state index in [0.717, 1.165) is 18.5 Å². The maximum Gasteiger partial charge on any atom is 0.126 e. The highest BCUT2D eigenvalue weighted by atomic mass is 19.1. The summed E-state index contributed by atoms with van der Waals surface area (Å²) in [5.41, 5.74) is 1.33. The molecule has 15 heavy (non-hydrogen) atoms. The Balaban J connectivity index is 2.57. The first kappa shape index (κ1) is 12.1. The quantitative estimate of drug-likeness (QED) is 0.731. The molecule has 0 aliphatic heterocycles. The predicted molar refractivity (Wildman–Crippen MR) is 59.3 cm³/mol. The first-order valence-corrected chi connectivity index (χ1v) is 5.30. The summed E-state index contributed by atoms with van der Waals surface area (Å²) in [6, 6.07) is 4.71. The molecule has 1 rings (SSSR count). The lowest BCUT2D eigenvalue weighted by molar-refractivity contribution is 0.175. The lowest BCUT2D eigenvalue weighted by Gasteiger charge is -2.12. The van der Waals surface area contributed by atoms with Crippen molar-refractivity contribution in [1.29, 1.82) is 0 Å². The normalized spacial score (nSPS) is 12.8. The van der Waals surface area contributed by atoms with Crippen LogP contribution in [-0.2, 0) is 0 Å². The standard InChI is InChI=1S/C12H18FNO/c1-3-6-14-8-12(15)10-4-5-11(13)9(2)7-10/h4-5,7,12,14-15H,3,6,8H2,1-2H3. The number of benzene rings is 1. The van der Waals surface area contributed by atoms with Gasteiger partial charge in [-0.05, 0) is 37.1 Å². The van der Waals surface area contributed by atoms with Crippen molar-refractivity contribution in [2.75, 3.05) is 13.1 Å². The Morgan fingerprint density at radius 1 is 1.47 bits per heavy atom. The summed E-state index contributed by atoms with van der Waals surface area (Å²) < 4.78 is 13.0. The van der Waals surface area contributed by atoms with Crippen molar-refractivity contribution in [3.63, 3.8) is 0 Å². The summed E-state index contributed by atoms with van der Waals surface area (Å²) in [4.78, 5) is 0. The molecule has 0 aromatic heterocycles. The lowest BCUT2D eigenvalue weighted by atomic mass is 10.1. The van der Waals surface area contributed by atoms with Gasteiger partial charge < -0.3 is 10.4 Å². The lowest BCUT2D eigenvalue weighted by Crippen LogP contribution is -2.22. The van der Waals surface area contributed by atoms with E-state index in [9.17, 15) is 9.50 Å². The summed E-state index contributed by atoms with van der Waals surface area (Å²) in [6.45, 7) is 5.17. The van der Waals surface area contributed by atoms with Crippen LogP contribution in [0.4, 0.5) is 4.39 Å². The van der Waals surface area contributed by atoms with Crippen LogP contribution in [0.15, 0.2) is 18.2 Å². The first-order chi connectivity index (χ1) is 7.15. The molecule has 0 spiro atoms. The van der Waals surface area contributed by atoms with Crippen molar-refractivity contribution in [2.24, 2.45) is 0 Å². The van der Waals surface area contributed by atoms with E-state index in [-0.39, 0.29) is 5.82 Å². The largest absolute Gasteiger partial charge is 0.387 e. The molecule has 1 atom stereocenters. The molecule has 84 valence electrons. The van der Waals surface area contributed by atoms with Crippen molar-refractivity contribution in [2.45, 2.75) is 26.4 Å². The average molecular weight is 211 g/mol. The summed E-state index contributed by atoms with van der Waals surface area (Å²) in [7, 11) is 0. The van der Waals surface area contributed by atoms with Gasteiger partial charge in [-0.1, -0.05) is 19.1 Å². The Bertz CT molecular complexity index is 314. The Hall–Kier alpha value is -0.930. The zero-order chi connectivity index (χ0) is 11.3. The monoisotopic (exact) mass is 211 g/mol. The number of aliphatic hydroxyl groups is 1. The molecule has 0 fully saturated rings. The molecule has 0 saturated heterocycles. The fourth-order valence-corrected chi connectivity index (χ4v) is 1.41. The van der Waals surface area contributed by atoms with E-state index in [2.05, 4.69) is 12.2 Å². The first-order valence-electron chi connectivity index (χ1n) is 5.30. The molecule has 0 heterocycles. The molecule has 1 unspecified atom stereocenters. The van der Waals surface area contributed by atoms with Crippen molar-refractivity contribution < 1.29 is 9.50 Å². The molecule has 0 aliphatic carbocycles. The van der Waals surface area contributed by atoms with E-state index >= 15 is 0 Å². The fourth-order valence-electron chi connectivity index (χ4n) is 1.41. The van der Waals surface area contributed by atoms with E-state index in [1.807, 2.05) is 0 Å². The number of hydrogen-bond donors (Lipinski definition) is 2. The van der Waals surface area contributed by atoms with E-state index in [1.54, 1.807) is 19.1 Å². The van der Waals surface area contributed by atoms with Gasteiger partial charge in [0.1, 0.15) is 5.82 Å². The van der Waals surface area contributed by atoms with Crippen LogP contribution in [0.5, 0.6) is 0 Å². The number of aryl methyl sites for hydroxylation is 1. The highest BCUT2D eigenvalue weighted by molar-refractivity contribution is 5.25. The second kappa shape index (κ2) is 5.83. The Morgan fingerprint density at radius 3 is 2.80 bits per heavy atom. The van der Waals surface area contributed by atoms with E-state index in [0.29, 0.717) is 12.1 Å². The van der Waals surface area contributed by atoms with Gasteiger partial charge in [0.25, 0.3) is 0 Å². The minimum absolute atomic E-state index is 0.229. The van der Waals surface area contributed by atoms with Crippen LogP contribution in [0.1, 0.15) is 30.6 Å². The van der Waals surface area contributed by atoms with Crippen LogP contribution in [-0.4, -0.2) is 18.2 Å². The summed E-state index contributed by atoms with van der Waals surface area (Å²) >= 11 is 0. The molecule has 0 aliphatic rings. The second-order valence-corrected chi connectivity index (χ2v) is 3.73. The number of aliphatic hydroxyl groups excluding tert-OH is 1. The van der Waals surface area contributed by atoms with Gasteiger partial charge in [-0.25, -0.2) is 4.39 Å². The summed E-state index contributed by atoms with van der Waals surface area (Å²) in [5, 5.41) is 12.9. The molecule has 0 amide bonds. The molecule has 1 aromatic carbocycles. The average Bonchev–Trinajstić information content (AvgIpc) is 2.22. The third-order valence-electron chi connectivity index (χ3n) is 2.33. The molecule has 2 nitrogen and oxygen atoms in total. The Kier molecular flexibility index (Phi) is 4.72. The summed E-state index contributed by atoms with van der Waals surface area (Å²) in [6.07, 6.45) is 0.477. The van der Waals surface area contributed by atoms with Crippen LogP contribution in [0, 0.1) is 12.7 Å². The SMILES string of the molecule is CCCNCC(O)c1ccc(F)c(C)c1. The van der Waals surface area contributed by atoms with Gasteiger partial charge in [-0.2, -0.15) is 0 Å². The third-order valence-corrected chi connectivity index (χ3v) is 2.33. The van der Waals surface area contributed by atoms with Gasteiger partial charge in [0.05, 0.1) is 6.10 Å².